The van der Waals surface area contributed by atoms with Gasteiger partial charge in [0.15, 0.2) is 0 Å². The minimum Gasteiger partial charge on any atom is -0.497 e. The molecule has 2 aliphatic rings. The summed E-state index contributed by atoms with van der Waals surface area (Å²) in [6.07, 6.45) is 2.01. The third-order valence-corrected chi connectivity index (χ3v) is 8.50. The SMILES string of the molecule is COc1ccc(Cn2c(CN3CCC[C@H](C(=O)N4CCN(c5ccccc5C)CC4)C3)nc3ccccc32)cc1. The topological polar surface area (TPSA) is 53.8 Å². The fourth-order valence-electron chi connectivity index (χ4n) is 6.28. The quantitative estimate of drug-likeness (QED) is 0.334. The number of anilines is 1. The van der Waals surface area contributed by atoms with Crippen molar-refractivity contribution in [2.75, 3.05) is 51.3 Å². The maximum absolute atomic E-state index is 13.6. The number of benzene rings is 3. The van der Waals surface area contributed by atoms with Gasteiger partial charge in [-0.3, -0.25) is 9.69 Å². The first kappa shape index (κ1) is 26.4. The summed E-state index contributed by atoms with van der Waals surface area (Å²) in [7, 11) is 1.69. The molecule has 0 bridgehead atoms. The Hall–Kier alpha value is -3.84. The van der Waals surface area contributed by atoms with Crippen molar-refractivity contribution in [3.8, 4) is 5.75 Å². The number of para-hydroxylation sites is 3. The summed E-state index contributed by atoms with van der Waals surface area (Å²) in [6, 6.07) is 25.1. The number of amides is 1. The average molecular weight is 538 g/mol. The van der Waals surface area contributed by atoms with Crippen LogP contribution in [0.2, 0.25) is 0 Å². The number of likely N-dealkylation sites (tertiary alicyclic amines) is 1. The van der Waals surface area contributed by atoms with Gasteiger partial charge in [0, 0.05) is 45.0 Å². The van der Waals surface area contributed by atoms with Crippen LogP contribution in [0.5, 0.6) is 5.75 Å². The van der Waals surface area contributed by atoms with Crippen molar-refractivity contribution >= 4 is 22.6 Å². The summed E-state index contributed by atoms with van der Waals surface area (Å²) in [5.41, 5.74) is 5.95. The number of nitrogens with zero attached hydrogens (tertiary/aromatic N) is 5. The van der Waals surface area contributed by atoms with Gasteiger partial charge >= 0.3 is 0 Å². The van der Waals surface area contributed by atoms with Crippen molar-refractivity contribution in [3.63, 3.8) is 0 Å². The van der Waals surface area contributed by atoms with Gasteiger partial charge in [-0.25, -0.2) is 4.98 Å². The van der Waals surface area contributed by atoms with Gasteiger partial charge in [-0.15, -0.1) is 0 Å². The zero-order valence-electron chi connectivity index (χ0n) is 23.6. The molecule has 0 radical (unpaired) electrons. The summed E-state index contributed by atoms with van der Waals surface area (Å²) in [4.78, 5) is 25.6. The number of aryl methyl sites for hydroxylation is 1. The molecule has 1 atom stereocenters. The molecule has 7 heteroatoms. The second-order valence-electron chi connectivity index (χ2n) is 11.1. The third kappa shape index (κ3) is 5.56. The van der Waals surface area contributed by atoms with E-state index in [-0.39, 0.29) is 5.92 Å². The zero-order chi connectivity index (χ0) is 27.5. The lowest BCUT2D eigenvalue weighted by atomic mass is 9.96. The first-order chi connectivity index (χ1) is 19.6. The summed E-state index contributed by atoms with van der Waals surface area (Å²) >= 11 is 0. The van der Waals surface area contributed by atoms with Gasteiger partial charge in [0.05, 0.1) is 30.6 Å². The van der Waals surface area contributed by atoms with Crippen LogP contribution in [0.3, 0.4) is 0 Å². The molecule has 3 aromatic carbocycles. The molecular formula is C33H39N5O2. The van der Waals surface area contributed by atoms with E-state index in [9.17, 15) is 4.79 Å². The van der Waals surface area contributed by atoms with Gasteiger partial charge in [0.1, 0.15) is 11.6 Å². The average Bonchev–Trinajstić information content (AvgIpc) is 3.34. The molecule has 2 fully saturated rings. The Morgan fingerprint density at radius 1 is 0.900 bits per heavy atom. The molecule has 2 aliphatic heterocycles. The third-order valence-electron chi connectivity index (χ3n) is 8.50. The molecule has 0 unspecified atom stereocenters. The molecular weight excluding hydrogens is 498 g/mol. The van der Waals surface area contributed by atoms with Crippen molar-refractivity contribution in [1.29, 1.82) is 0 Å². The first-order valence-electron chi connectivity index (χ1n) is 14.5. The van der Waals surface area contributed by atoms with Crippen LogP contribution in [-0.2, 0) is 17.9 Å². The van der Waals surface area contributed by atoms with E-state index in [0.29, 0.717) is 5.91 Å². The summed E-state index contributed by atoms with van der Waals surface area (Å²) in [6.45, 7) is 8.82. The predicted molar refractivity (Wildman–Crippen MR) is 160 cm³/mol. The Morgan fingerprint density at radius 2 is 1.65 bits per heavy atom. The highest BCUT2D eigenvalue weighted by Crippen LogP contribution is 2.26. The number of ether oxygens (including phenoxy) is 1. The molecule has 1 amide bonds. The van der Waals surface area contributed by atoms with Crippen molar-refractivity contribution in [2.24, 2.45) is 5.92 Å². The van der Waals surface area contributed by atoms with Crippen LogP contribution >= 0.6 is 0 Å². The van der Waals surface area contributed by atoms with Gasteiger partial charge in [-0.05, 0) is 67.8 Å². The lowest BCUT2D eigenvalue weighted by Gasteiger charge is -2.40. The van der Waals surface area contributed by atoms with Gasteiger partial charge in [0.25, 0.3) is 0 Å². The standard InChI is InChI=1S/C33H39N5O2/c1-25-8-3-5-11-30(25)36-18-20-37(21-19-36)33(39)27-9-7-17-35(23-27)24-32-34-29-10-4-6-12-31(29)38(32)22-26-13-15-28(40-2)16-14-26/h3-6,8,10-16,27H,7,9,17-24H2,1-2H3/t27-/m0/s1. The Bertz CT molecular complexity index is 1460. The van der Waals surface area contributed by atoms with Crippen molar-refractivity contribution < 1.29 is 9.53 Å². The highest BCUT2D eigenvalue weighted by atomic mass is 16.5. The first-order valence-corrected chi connectivity index (χ1v) is 14.5. The molecule has 2 saturated heterocycles. The molecule has 40 heavy (non-hydrogen) atoms. The number of methoxy groups -OCH3 is 1. The number of hydrogen-bond acceptors (Lipinski definition) is 5. The highest BCUT2D eigenvalue weighted by Gasteiger charge is 2.32. The smallest absolute Gasteiger partial charge is 0.227 e. The van der Waals surface area contributed by atoms with Crippen molar-refractivity contribution in [1.82, 2.24) is 19.4 Å². The number of rotatable bonds is 7. The minimum absolute atomic E-state index is 0.0539. The number of hydrogen-bond donors (Lipinski definition) is 0. The Balaban J connectivity index is 1.12. The van der Waals surface area contributed by atoms with E-state index in [0.717, 1.165) is 87.8 Å². The number of carbonyl (C=O) groups is 1. The van der Waals surface area contributed by atoms with E-state index < -0.39 is 0 Å². The van der Waals surface area contributed by atoms with Gasteiger partial charge in [-0.2, -0.15) is 0 Å². The minimum atomic E-state index is 0.0539. The maximum atomic E-state index is 13.6. The number of piperidine rings is 1. The van der Waals surface area contributed by atoms with E-state index >= 15 is 0 Å². The predicted octanol–water partition coefficient (Wildman–Crippen LogP) is 4.96. The monoisotopic (exact) mass is 537 g/mol. The molecule has 3 heterocycles. The summed E-state index contributed by atoms with van der Waals surface area (Å²) in [5.74, 6) is 2.29. The number of piperazine rings is 1. The molecule has 0 N–H and O–H groups in total. The van der Waals surface area contributed by atoms with Crippen molar-refractivity contribution in [2.45, 2.75) is 32.9 Å². The lowest BCUT2D eigenvalue weighted by Crippen LogP contribution is -2.52. The second kappa shape index (κ2) is 11.7. The summed E-state index contributed by atoms with van der Waals surface area (Å²) in [5, 5.41) is 0. The molecule has 4 aromatic rings. The van der Waals surface area contributed by atoms with Crippen LogP contribution in [-0.4, -0.2) is 71.6 Å². The number of imidazole rings is 1. The lowest BCUT2D eigenvalue weighted by molar-refractivity contribution is -0.137. The van der Waals surface area contributed by atoms with Crippen LogP contribution in [0.4, 0.5) is 5.69 Å². The normalized spacial score (nSPS) is 18.3. The molecule has 6 rings (SSSR count). The Labute approximate surface area is 237 Å². The van der Waals surface area contributed by atoms with Gasteiger partial charge in [-0.1, -0.05) is 42.5 Å². The molecule has 0 spiro atoms. The molecule has 1 aromatic heterocycles. The van der Waals surface area contributed by atoms with Crippen molar-refractivity contribution in [3.05, 3.63) is 89.7 Å². The molecule has 7 nitrogen and oxygen atoms in total. The van der Waals surface area contributed by atoms with Crippen LogP contribution in [0, 0.1) is 12.8 Å². The van der Waals surface area contributed by atoms with Crippen LogP contribution in [0.1, 0.15) is 29.8 Å². The number of carbonyl (C=O) groups excluding carboxylic acids is 1. The largest absolute Gasteiger partial charge is 0.497 e. The van der Waals surface area contributed by atoms with E-state index in [1.807, 2.05) is 18.2 Å². The Morgan fingerprint density at radius 3 is 2.42 bits per heavy atom. The number of aromatic nitrogens is 2. The second-order valence-corrected chi connectivity index (χ2v) is 11.1. The van der Waals surface area contributed by atoms with Crippen LogP contribution < -0.4 is 9.64 Å². The van der Waals surface area contributed by atoms with Gasteiger partial charge in [0.2, 0.25) is 5.91 Å². The summed E-state index contributed by atoms with van der Waals surface area (Å²) < 4.78 is 7.67. The van der Waals surface area contributed by atoms with Crippen LogP contribution in [0.25, 0.3) is 11.0 Å². The van der Waals surface area contributed by atoms with E-state index in [1.54, 1.807) is 7.11 Å². The number of fused-ring (bicyclic) bond motifs is 1. The maximum Gasteiger partial charge on any atom is 0.227 e. The fourth-order valence-corrected chi connectivity index (χ4v) is 6.28. The molecule has 0 aliphatic carbocycles. The van der Waals surface area contributed by atoms with E-state index in [1.165, 1.54) is 16.8 Å². The molecule has 208 valence electrons. The van der Waals surface area contributed by atoms with E-state index in [4.69, 9.17) is 9.72 Å². The highest BCUT2D eigenvalue weighted by molar-refractivity contribution is 5.79. The Kier molecular flexibility index (Phi) is 7.73. The zero-order valence-corrected chi connectivity index (χ0v) is 23.6. The molecule has 0 saturated carbocycles. The van der Waals surface area contributed by atoms with Crippen LogP contribution in [0.15, 0.2) is 72.8 Å². The van der Waals surface area contributed by atoms with E-state index in [2.05, 4.69) is 80.8 Å². The van der Waals surface area contributed by atoms with Gasteiger partial charge < -0.3 is 19.1 Å². The fraction of sp³-hybridized carbons (Fsp3) is 0.394.